The number of ketones is 1. The molecule has 2 aliphatic carbocycles. The molecule has 226 valence electrons. The molecule has 2 aromatic rings. The van der Waals surface area contributed by atoms with Crippen LogP contribution in [-0.4, -0.2) is 63.3 Å². The zero-order chi connectivity index (χ0) is 29.8. The number of amides is 1. The number of carbonyl (C=O) groups is 2. The molecule has 2 aliphatic heterocycles. The van der Waals surface area contributed by atoms with Crippen molar-refractivity contribution in [2.75, 3.05) is 18.4 Å². The van der Waals surface area contributed by atoms with Crippen molar-refractivity contribution < 1.29 is 22.8 Å². The van der Waals surface area contributed by atoms with Crippen LogP contribution in [0.2, 0.25) is 0 Å². The molecule has 2 aromatic heterocycles. The number of pyridine rings is 1. The Balaban J connectivity index is 1.35. The number of nitrogens with zero attached hydrogens (tertiary/aromatic N) is 4. The minimum atomic E-state index is -4.72. The summed E-state index contributed by atoms with van der Waals surface area (Å²) in [6, 6.07) is 1.21. The van der Waals surface area contributed by atoms with Gasteiger partial charge in [0.15, 0.2) is 5.01 Å². The maximum atomic E-state index is 14.6. The van der Waals surface area contributed by atoms with Crippen LogP contribution >= 0.6 is 11.3 Å². The van der Waals surface area contributed by atoms with Gasteiger partial charge >= 0.3 is 6.18 Å². The third-order valence-electron chi connectivity index (χ3n) is 8.87. The summed E-state index contributed by atoms with van der Waals surface area (Å²) in [6.45, 7) is 3.15. The second-order valence-corrected chi connectivity index (χ2v) is 13.8. The number of anilines is 1. The molecule has 2 N–H and O–H groups in total. The van der Waals surface area contributed by atoms with Crippen LogP contribution in [0, 0.1) is 16.7 Å². The Hall–Kier alpha value is -2.93. The van der Waals surface area contributed by atoms with Gasteiger partial charge in [-0.05, 0) is 83.1 Å². The number of aromatic nitrogens is 2. The average Bonchev–Trinajstić information content (AvgIpc) is 3.87. The molecule has 0 spiro atoms. The number of alkyl halides is 3. The summed E-state index contributed by atoms with van der Waals surface area (Å²) in [5, 5.41) is 9.08. The fourth-order valence-electron chi connectivity index (χ4n) is 6.38. The normalized spacial score (nSPS) is 22.2. The van der Waals surface area contributed by atoms with E-state index in [1.54, 1.807) is 18.7 Å². The van der Waals surface area contributed by atoms with E-state index in [0.29, 0.717) is 11.8 Å². The zero-order valence-corrected chi connectivity index (χ0v) is 24.5. The highest BCUT2D eigenvalue weighted by molar-refractivity contribution is 7.17. The molecule has 2 saturated carbocycles. The Labute approximate surface area is 246 Å². The van der Waals surface area contributed by atoms with E-state index in [9.17, 15) is 27.7 Å². The Morgan fingerprint density at radius 2 is 1.69 bits per heavy atom. The molecule has 42 heavy (non-hydrogen) atoms. The number of thiazole rings is 1. The lowest BCUT2D eigenvalue weighted by Gasteiger charge is -2.22. The molecular formula is C29H35F3N6O3S. The topological polar surface area (TPSA) is 117 Å². The quantitative estimate of drug-likeness (QED) is 0.229. The molecule has 0 aromatic carbocycles. The van der Waals surface area contributed by atoms with Gasteiger partial charge in [0.2, 0.25) is 5.78 Å². The summed E-state index contributed by atoms with van der Waals surface area (Å²) >= 11 is 0.780. The first-order valence-electron chi connectivity index (χ1n) is 14.7. The van der Waals surface area contributed by atoms with Crippen LogP contribution in [0.4, 0.5) is 19.0 Å². The van der Waals surface area contributed by atoms with Crippen molar-refractivity contribution in [3.63, 3.8) is 0 Å². The number of halogens is 3. The summed E-state index contributed by atoms with van der Waals surface area (Å²) in [5.41, 5.74) is -2.25. The smallest absolute Gasteiger partial charge is 0.367 e. The van der Waals surface area contributed by atoms with Crippen molar-refractivity contribution in [3.05, 3.63) is 33.4 Å². The molecule has 0 unspecified atom stereocenters. The van der Waals surface area contributed by atoms with Crippen LogP contribution in [0.25, 0.3) is 10.4 Å². The van der Waals surface area contributed by atoms with Gasteiger partial charge in [-0.25, -0.2) is 9.97 Å². The van der Waals surface area contributed by atoms with Crippen molar-refractivity contribution in [2.24, 2.45) is 17.0 Å². The number of hydrogen-bond donors (Lipinski definition) is 2. The highest BCUT2D eigenvalue weighted by Crippen LogP contribution is 2.47. The first kappa shape index (κ1) is 29.2. The fraction of sp³-hybridized carbons (Fsp3) is 0.655. The van der Waals surface area contributed by atoms with Crippen LogP contribution in [0.5, 0.6) is 0 Å². The molecular weight excluding hydrogens is 569 g/mol. The number of carbonyl (C=O) groups excluding carboxylic acids is 2. The van der Waals surface area contributed by atoms with Gasteiger partial charge in [-0.3, -0.25) is 9.59 Å². The van der Waals surface area contributed by atoms with E-state index in [1.807, 2.05) is 0 Å². The Morgan fingerprint density at radius 1 is 1.07 bits per heavy atom. The largest absolute Gasteiger partial charge is 0.417 e. The van der Waals surface area contributed by atoms with E-state index in [4.69, 9.17) is 0 Å². The summed E-state index contributed by atoms with van der Waals surface area (Å²) < 4.78 is 43.7. The van der Waals surface area contributed by atoms with E-state index >= 15 is 0 Å². The van der Waals surface area contributed by atoms with Gasteiger partial charge in [-0.2, -0.15) is 18.1 Å². The van der Waals surface area contributed by atoms with Crippen LogP contribution in [0.3, 0.4) is 0 Å². The molecule has 4 fully saturated rings. The predicted molar refractivity (Wildman–Crippen MR) is 152 cm³/mol. The zero-order valence-electron chi connectivity index (χ0n) is 23.7. The molecule has 1 amide bonds. The van der Waals surface area contributed by atoms with Gasteiger partial charge in [-0.1, -0.05) is 5.18 Å². The Bertz CT molecular complexity index is 1360. The molecule has 13 heteroatoms. The standard InChI is InChI=1S/C29H35F3N6O3S/c1-28(2,37-41)14-33-13-21(39)26-36-24(27(40)38-17-7-8-18(38)10-9-17)25(42-26)19-12-34-22(11-20(19)29(30,31)32)35-23(15-3-4-15)16-5-6-16/h11-12,15-18,23,33H,3-10,13-14H2,1-2H3,(H,34,35). The molecule has 9 nitrogen and oxygen atoms in total. The van der Waals surface area contributed by atoms with E-state index < -0.39 is 29.0 Å². The minimum Gasteiger partial charge on any atom is -0.367 e. The van der Waals surface area contributed by atoms with Crippen molar-refractivity contribution in [1.29, 1.82) is 0 Å². The van der Waals surface area contributed by atoms with Crippen molar-refractivity contribution in [2.45, 2.75) is 95.1 Å². The summed E-state index contributed by atoms with van der Waals surface area (Å²) in [5.74, 6) is 0.164. The Morgan fingerprint density at radius 3 is 2.24 bits per heavy atom. The van der Waals surface area contributed by atoms with Crippen LogP contribution in [0.15, 0.2) is 17.4 Å². The minimum absolute atomic E-state index is 0.00292. The lowest BCUT2D eigenvalue weighted by molar-refractivity contribution is -0.137. The summed E-state index contributed by atoms with van der Waals surface area (Å²) in [4.78, 5) is 48.4. The first-order chi connectivity index (χ1) is 19.9. The monoisotopic (exact) mass is 604 g/mol. The predicted octanol–water partition coefficient (Wildman–Crippen LogP) is 5.91. The number of nitrogens with one attached hydrogen (secondary N) is 2. The van der Waals surface area contributed by atoms with Crippen molar-refractivity contribution in [1.82, 2.24) is 20.2 Å². The lowest BCUT2D eigenvalue weighted by Crippen LogP contribution is -2.36. The molecule has 0 atom stereocenters. The third-order valence-corrected chi connectivity index (χ3v) is 10.0. The van der Waals surface area contributed by atoms with E-state index in [-0.39, 0.29) is 58.2 Å². The number of Topliss-reactive ketones (excluding diaryl/α,β-unsaturated/α-hetero) is 1. The van der Waals surface area contributed by atoms with Crippen LogP contribution < -0.4 is 10.6 Å². The van der Waals surface area contributed by atoms with Gasteiger partial charge in [0.1, 0.15) is 17.1 Å². The highest BCUT2D eigenvalue weighted by atomic mass is 32.1. The second kappa shape index (κ2) is 11.0. The van der Waals surface area contributed by atoms with E-state index in [0.717, 1.165) is 75.0 Å². The average molecular weight is 605 g/mol. The maximum absolute atomic E-state index is 14.6. The van der Waals surface area contributed by atoms with E-state index in [2.05, 4.69) is 25.8 Å². The molecule has 4 aliphatic rings. The third kappa shape index (κ3) is 5.95. The van der Waals surface area contributed by atoms with Gasteiger partial charge in [-0.15, -0.1) is 11.3 Å². The van der Waals surface area contributed by atoms with Gasteiger partial charge in [0.05, 0.1) is 17.0 Å². The summed E-state index contributed by atoms with van der Waals surface area (Å²) in [6.07, 6.45) is 4.12. The van der Waals surface area contributed by atoms with Gasteiger partial charge in [0.25, 0.3) is 5.91 Å². The molecule has 2 bridgehead atoms. The lowest BCUT2D eigenvalue weighted by atomic mass is 10.0. The van der Waals surface area contributed by atoms with Gasteiger partial charge in [0, 0.05) is 36.4 Å². The number of nitroso groups, excluding NO2 is 1. The number of rotatable bonds is 12. The number of hydrogen-bond acceptors (Lipinski definition) is 9. The summed E-state index contributed by atoms with van der Waals surface area (Å²) in [7, 11) is 0. The highest BCUT2D eigenvalue weighted by Gasteiger charge is 2.45. The Kier molecular flexibility index (Phi) is 7.61. The SMILES string of the molecule is CC(C)(CNCC(=O)c1nc(C(=O)N2C3CCC2CC3)c(-c2cnc(NC(C3CC3)C3CC3)cc2C(F)(F)F)s1)N=O. The van der Waals surface area contributed by atoms with Crippen molar-refractivity contribution >= 4 is 28.8 Å². The molecule has 6 rings (SSSR count). The van der Waals surface area contributed by atoms with Crippen molar-refractivity contribution in [3.8, 4) is 10.4 Å². The number of fused-ring (bicyclic) bond motifs is 2. The second-order valence-electron chi connectivity index (χ2n) is 12.8. The molecule has 4 heterocycles. The first-order valence-corrected chi connectivity index (χ1v) is 15.5. The molecule has 2 saturated heterocycles. The van der Waals surface area contributed by atoms with E-state index in [1.165, 1.54) is 0 Å². The van der Waals surface area contributed by atoms with Crippen LogP contribution in [0.1, 0.15) is 91.1 Å². The molecule has 0 radical (unpaired) electrons. The van der Waals surface area contributed by atoms with Gasteiger partial charge < -0.3 is 15.5 Å². The maximum Gasteiger partial charge on any atom is 0.417 e. The van der Waals surface area contributed by atoms with Crippen LogP contribution in [-0.2, 0) is 6.18 Å². The fourth-order valence-corrected chi connectivity index (χ4v) is 7.39.